The van der Waals surface area contributed by atoms with E-state index in [4.69, 9.17) is 5.10 Å². The summed E-state index contributed by atoms with van der Waals surface area (Å²) in [4.78, 5) is 16.0. The Hall–Kier alpha value is -3.64. The molecular weight excluding hydrogens is 422 g/mol. The number of hydrogen-bond donors (Lipinski definition) is 1. The zero-order valence-electron chi connectivity index (χ0n) is 19.8. The molecule has 1 aliphatic rings. The molecule has 2 aromatic carbocycles. The van der Waals surface area contributed by atoms with Gasteiger partial charge in [0.2, 0.25) is 0 Å². The summed E-state index contributed by atoms with van der Waals surface area (Å²) in [6.07, 6.45) is 6.41. The van der Waals surface area contributed by atoms with Gasteiger partial charge in [-0.2, -0.15) is 5.10 Å². The lowest BCUT2D eigenvalue weighted by molar-refractivity contribution is 0.102. The van der Waals surface area contributed by atoms with Crippen LogP contribution in [0.15, 0.2) is 79.1 Å². The molecule has 1 saturated heterocycles. The summed E-state index contributed by atoms with van der Waals surface area (Å²) < 4.78 is 3.76. The van der Waals surface area contributed by atoms with E-state index < -0.39 is 0 Å². The maximum Gasteiger partial charge on any atom is 0.261 e. The first kappa shape index (κ1) is 22.2. The highest BCUT2D eigenvalue weighted by atomic mass is 16.1. The van der Waals surface area contributed by atoms with Gasteiger partial charge in [-0.15, -0.1) is 0 Å². The van der Waals surface area contributed by atoms with Gasteiger partial charge in [-0.05, 0) is 80.7 Å². The number of nitrogens with one attached hydrogen (secondary N) is 1. The van der Waals surface area contributed by atoms with Crippen molar-refractivity contribution in [1.82, 2.24) is 19.2 Å². The molecule has 1 fully saturated rings. The fourth-order valence-corrected chi connectivity index (χ4v) is 4.61. The van der Waals surface area contributed by atoms with Crippen molar-refractivity contribution in [1.29, 1.82) is 0 Å². The van der Waals surface area contributed by atoms with Crippen molar-refractivity contribution >= 4 is 11.6 Å². The van der Waals surface area contributed by atoms with E-state index in [1.807, 2.05) is 83.2 Å². The minimum atomic E-state index is -0.166. The molecule has 6 nitrogen and oxygen atoms in total. The topological polar surface area (TPSA) is 55.1 Å². The summed E-state index contributed by atoms with van der Waals surface area (Å²) in [5, 5.41) is 7.80. The van der Waals surface area contributed by atoms with Gasteiger partial charge >= 0.3 is 0 Å². The molecule has 4 aromatic rings. The van der Waals surface area contributed by atoms with Crippen molar-refractivity contribution in [3.05, 3.63) is 95.9 Å². The summed E-state index contributed by atoms with van der Waals surface area (Å²) in [6, 6.07) is 22.0. The average molecular weight is 454 g/mol. The lowest BCUT2D eigenvalue weighted by Crippen LogP contribution is -2.32. The van der Waals surface area contributed by atoms with Crippen LogP contribution >= 0.6 is 0 Å². The number of likely N-dealkylation sites (tertiary alicyclic amines) is 1. The summed E-state index contributed by atoms with van der Waals surface area (Å²) >= 11 is 0. The van der Waals surface area contributed by atoms with E-state index in [2.05, 4.69) is 29.3 Å². The molecule has 0 aliphatic carbocycles. The summed E-state index contributed by atoms with van der Waals surface area (Å²) in [5.41, 5.74) is 4.21. The Kier molecular flexibility index (Phi) is 6.32. The van der Waals surface area contributed by atoms with Crippen LogP contribution in [0.1, 0.15) is 41.4 Å². The van der Waals surface area contributed by atoms with Crippen molar-refractivity contribution in [3.63, 3.8) is 0 Å². The number of nitrogens with zero attached hydrogens (tertiary/aromatic N) is 4. The van der Waals surface area contributed by atoms with Gasteiger partial charge in [0.05, 0.1) is 11.4 Å². The van der Waals surface area contributed by atoms with Crippen LogP contribution in [0.2, 0.25) is 0 Å². The molecule has 1 amide bonds. The quantitative estimate of drug-likeness (QED) is 0.422. The van der Waals surface area contributed by atoms with Gasteiger partial charge in [0.25, 0.3) is 5.91 Å². The molecular formula is C28H31N5O. The number of benzene rings is 2. The number of amides is 1. The highest BCUT2D eigenvalue weighted by molar-refractivity contribution is 6.07. The Balaban J connectivity index is 1.37. The molecule has 3 heterocycles. The third-order valence-corrected chi connectivity index (χ3v) is 6.61. The summed E-state index contributed by atoms with van der Waals surface area (Å²) in [5.74, 6) is 1.39. The Labute approximate surface area is 200 Å². The molecule has 0 unspecified atom stereocenters. The van der Waals surface area contributed by atoms with E-state index in [-0.39, 0.29) is 5.91 Å². The summed E-state index contributed by atoms with van der Waals surface area (Å²) in [6.45, 7) is 7.49. The highest BCUT2D eigenvalue weighted by Gasteiger charge is 2.24. The molecule has 1 aliphatic heterocycles. The maximum absolute atomic E-state index is 13.4. The maximum atomic E-state index is 13.4. The molecule has 5 rings (SSSR count). The number of aryl methyl sites for hydroxylation is 1. The molecule has 1 N–H and O–H groups in total. The smallest absolute Gasteiger partial charge is 0.261 e. The van der Waals surface area contributed by atoms with E-state index in [9.17, 15) is 4.79 Å². The molecule has 34 heavy (non-hydrogen) atoms. The Morgan fingerprint density at radius 2 is 1.65 bits per heavy atom. The number of rotatable bonds is 6. The van der Waals surface area contributed by atoms with E-state index in [0.717, 1.165) is 42.7 Å². The Morgan fingerprint density at radius 1 is 0.971 bits per heavy atom. The lowest BCUT2D eigenvalue weighted by Gasteiger charge is -2.30. The third-order valence-electron chi connectivity index (χ3n) is 6.61. The standard InChI is InChI=1S/C28H31N5O/c1-21-14-18-31(19-15-21)20-23-10-12-24(13-11-23)29-27(34)26-22(2)30-33(25-8-4-3-5-9-25)28(26)32-16-6-7-17-32/h3-13,16-17,21H,14-15,18-20H2,1-2H3,(H,29,34). The monoisotopic (exact) mass is 453 g/mol. The number of piperidine rings is 1. The van der Waals surface area contributed by atoms with Crippen molar-refractivity contribution in [2.24, 2.45) is 5.92 Å². The first-order valence-corrected chi connectivity index (χ1v) is 12.0. The first-order chi connectivity index (χ1) is 16.6. The van der Waals surface area contributed by atoms with Crippen LogP contribution in [0.5, 0.6) is 0 Å². The molecule has 174 valence electrons. The average Bonchev–Trinajstić information content (AvgIpc) is 3.50. The van der Waals surface area contributed by atoms with Crippen LogP contribution in [0, 0.1) is 12.8 Å². The second-order valence-corrected chi connectivity index (χ2v) is 9.23. The van der Waals surface area contributed by atoms with E-state index in [1.165, 1.54) is 18.4 Å². The molecule has 0 saturated carbocycles. The van der Waals surface area contributed by atoms with Crippen LogP contribution < -0.4 is 5.32 Å². The molecule has 0 bridgehead atoms. The zero-order chi connectivity index (χ0) is 23.5. The van der Waals surface area contributed by atoms with Gasteiger partial charge in [-0.1, -0.05) is 37.3 Å². The van der Waals surface area contributed by atoms with Crippen LogP contribution in [0.4, 0.5) is 5.69 Å². The van der Waals surface area contributed by atoms with Gasteiger partial charge in [0.1, 0.15) is 5.56 Å². The van der Waals surface area contributed by atoms with Crippen molar-refractivity contribution in [2.75, 3.05) is 18.4 Å². The molecule has 2 aromatic heterocycles. The van der Waals surface area contributed by atoms with Gasteiger partial charge in [0.15, 0.2) is 5.82 Å². The lowest BCUT2D eigenvalue weighted by atomic mass is 9.99. The van der Waals surface area contributed by atoms with Crippen molar-refractivity contribution < 1.29 is 4.79 Å². The number of carbonyl (C=O) groups excluding carboxylic acids is 1. The fourth-order valence-electron chi connectivity index (χ4n) is 4.61. The van der Waals surface area contributed by atoms with Gasteiger partial charge in [0, 0.05) is 24.6 Å². The number of hydrogen-bond acceptors (Lipinski definition) is 3. The number of carbonyl (C=O) groups is 1. The number of aromatic nitrogens is 3. The molecule has 6 heteroatoms. The summed E-state index contributed by atoms with van der Waals surface area (Å²) in [7, 11) is 0. The number of para-hydroxylation sites is 1. The van der Waals surface area contributed by atoms with E-state index in [1.54, 1.807) is 0 Å². The Morgan fingerprint density at radius 3 is 2.32 bits per heavy atom. The second kappa shape index (κ2) is 9.69. The van der Waals surface area contributed by atoms with Crippen LogP contribution in [-0.2, 0) is 6.54 Å². The van der Waals surface area contributed by atoms with Crippen molar-refractivity contribution in [2.45, 2.75) is 33.2 Å². The third kappa shape index (κ3) is 4.68. The fraction of sp³-hybridized carbons (Fsp3) is 0.286. The minimum Gasteiger partial charge on any atom is -0.322 e. The Bertz CT molecular complexity index is 1230. The highest BCUT2D eigenvalue weighted by Crippen LogP contribution is 2.25. The first-order valence-electron chi connectivity index (χ1n) is 12.0. The number of anilines is 1. The second-order valence-electron chi connectivity index (χ2n) is 9.23. The van der Waals surface area contributed by atoms with Crippen molar-refractivity contribution in [3.8, 4) is 11.5 Å². The largest absolute Gasteiger partial charge is 0.322 e. The molecule has 0 radical (unpaired) electrons. The predicted molar refractivity (Wildman–Crippen MR) is 136 cm³/mol. The van der Waals surface area contributed by atoms with E-state index >= 15 is 0 Å². The van der Waals surface area contributed by atoms with E-state index in [0.29, 0.717) is 11.3 Å². The van der Waals surface area contributed by atoms with Gasteiger partial charge in [-0.3, -0.25) is 9.69 Å². The SMILES string of the molecule is Cc1nn(-c2ccccc2)c(-n2cccc2)c1C(=O)Nc1ccc(CN2CCC(C)CC2)cc1. The molecule has 0 atom stereocenters. The van der Waals surface area contributed by atoms with Gasteiger partial charge in [-0.25, -0.2) is 4.68 Å². The zero-order valence-corrected chi connectivity index (χ0v) is 19.8. The minimum absolute atomic E-state index is 0.166. The molecule has 0 spiro atoms. The van der Waals surface area contributed by atoms with Crippen LogP contribution in [-0.4, -0.2) is 38.2 Å². The van der Waals surface area contributed by atoms with Gasteiger partial charge < -0.3 is 9.88 Å². The predicted octanol–water partition coefficient (Wildman–Crippen LogP) is 5.46. The normalized spacial score (nSPS) is 14.9. The van der Waals surface area contributed by atoms with Crippen LogP contribution in [0.3, 0.4) is 0 Å². The van der Waals surface area contributed by atoms with Crippen LogP contribution in [0.25, 0.3) is 11.5 Å².